The van der Waals surface area contributed by atoms with Crippen LogP contribution in [0.15, 0.2) is 0 Å². The molecule has 0 amide bonds. The summed E-state index contributed by atoms with van der Waals surface area (Å²) in [5.74, 6) is 1.87. The summed E-state index contributed by atoms with van der Waals surface area (Å²) in [5, 5.41) is 0. The fraction of sp³-hybridized carbons (Fsp3) is 0.944. The molecule has 0 aromatic rings. The Morgan fingerprint density at radius 1 is 0.950 bits per heavy atom. The van der Waals surface area contributed by atoms with Crippen molar-refractivity contribution in [2.75, 3.05) is 7.11 Å². The number of rotatable bonds is 6. The maximum absolute atomic E-state index is 12.0. The Labute approximate surface area is 124 Å². The number of esters is 1. The highest BCUT2D eigenvalue weighted by molar-refractivity contribution is 5.72. The Morgan fingerprint density at radius 3 is 2.05 bits per heavy atom. The minimum Gasteiger partial charge on any atom is -0.469 e. The van der Waals surface area contributed by atoms with Gasteiger partial charge in [-0.3, -0.25) is 4.79 Å². The summed E-state index contributed by atoms with van der Waals surface area (Å²) in [7, 11) is 1.55. The molecule has 0 unspecified atom stereocenters. The SMILES string of the molecule is COC(=O)[C@H](CCC1CCCCC1)CC1CCCCC1. The third-order valence-corrected chi connectivity index (χ3v) is 5.53. The van der Waals surface area contributed by atoms with Crippen LogP contribution in [-0.4, -0.2) is 13.1 Å². The average Bonchev–Trinajstić information content (AvgIpc) is 2.52. The molecule has 0 bridgehead atoms. The first-order valence-corrected chi connectivity index (χ1v) is 8.87. The Bertz CT molecular complexity index is 275. The van der Waals surface area contributed by atoms with E-state index < -0.39 is 0 Å². The molecule has 2 aliphatic rings. The molecule has 0 radical (unpaired) electrons. The van der Waals surface area contributed by atoms with Crippen LogP contribution in [0.2, 0.25) is 0 Å². The fourth-order valence-electron chi connectivity index (χ4n) is 4.24. The van der Waals surface area contributed by atoms with Crippen molar-refractivity contribution >= 4 is 5.97 Å². The van der Waals surface area contributed by atoms with E-state index in [1.165, 1.54) is 70.6 Å². The summed E-state index contributed by atoms with van der Waals surface area (Å²) < 4.78 is 5.05. The summed E-state index contributed by atoms with van der Waals surface area (Å²) in [5.41, 5.74) is 0. The Hall–Kier alpha value is -0.530. The van der Waals surface area contributed by atoms with E-state index in [0.29, 0.717) is 0 Å². The molecule has 2 fully saturated rings. The van der Waals surface area contributed by atoms with E-state index in [1.807, 2.05) is 0 Å². The lowest BCUT2D eigenvalue weighted by Gasteiger charge is -2.27. The Morgan fingerprint density at radius 2 is 1.50 bits per heavy atom. The molecule has 0 aromatic heterocycles. The first kappa shape index (κ1) is 15.9. The molecule has 0 N–H and O–H groups in total. The van der Waals surface area contributed by atoms with E-state index in [4.69, 9.17) is 4.74 Å². The van der Waals surface area contributed by atoms with E-state index in [2.05, 4.69) is 0 Å². The normalized spacial score (nSPS) is 23.4. The van der Waals surface area contributed by atoms with Crippen LogP contribution < -0.4 is 0 Å². The van der Waals surface area contributed by atoms with Crippen LogP contribution in [0, 0.1) is 17.8 Å². The lowest BCUT2D eigenvalue weighted by Crippen LogP contribution is -2.22. The van der Waals surface area contributed by atoms with Crippen molar-refractivity contribution in [2.45, 2.75) is 83.5 Å². The molecule has 2 rings (SSSR count). The molecule has 20 heavy (non-hydrogen) atoms. The second-order valence-corrected chi connectivity index (χ2v) is 7.04. The molecule has 0 saturated heterocycles. The van der Waals surface area contributed by atoms with E-state index in [1.54, 1.807) is 7.11 Å². The summed E-state index contributed by atoms with van der Waals surface area (Å²) in [6.07, 6.45) is 17.2. The quantitative estimate of drug-likeness (QED) is 0.632. The molecule has 0 heterocycles. The Balaban J connectivity index is 1.77. The number of ether oxygens (including phenoxy) is 1. The van der Waals surface area contributed by atoms with Gasteiger partial charge in [0.15, 0.2) is 0 Å². The van der Waals surface area contributed by atoms with Gasteiger partial charge in [0.05, 0.1) is 13.0 Å². The molecular formula is C18H32O2. The van der Waals surface area contributed by atoms with Gasteiger partial charge < -0.3 is 4.74 Å². The fourth-order valence-corrected chi connectivity index (χ4v) is 4.24. The highest BCUT2D eigenvalue weighted by Gasteiger charge is 2.26. The molecule has 0 aromatic carbocycles. The van der Waals surface area contributed by atoms with Gasteiger partial charge in [0, 0.05) is 0 Å². The van der Waals surface area contributed by atoms with Gasteiger partial charge >= 0.3 is 5.97 Å². The zero-order chi connectivity index (χ0) is 14.2. The van der Waals surface area contributed by atoms with Crippen molar-refractivity contribution < 1.29 is 9.53 Å². The minimum atomic E-state index is 0.0476. The molecule has 2 aliphatic carbocycles. The van der Waals surface area contributed by atoms with Gasteiger partial charge in [0.1, 0.15) is 0 Å². The van der Waals surface area contributed by atoms with Crippen molar-refractivity contribution in [2.24, 2.45) is 17.8 Å². The van der Waals surface area contributed by atoms with Gasteiger partial charge in [-0.2, -0.15) is 0 Å². The third-order valence-electron chi connectivity index (χ3n) is 5.53. The number of carbonyl (C=O) groups is 1. The van der Waals surface area contributed by atoms with Crippen molar-refractivity contribution in [3.05, 3.63) is 0 Å². The van der Waals surface area contributed by atoms with Crippen LogP contribution >= 0.6 is 0 Å². The topological polar surface area (TPSA) is 26.3 Å². The molecule has 2 nitrogen and oxygen atoms in total. The number of carbonyl (C=O) groups excluding carboxylic acids is 1. The van der Waals surface area contributed by atoms with Crippen molar-refractivity contribution in [1.82, 2.24) is 0 Å². The number of hydrogen-bond donors (Lipinski definition) is 0. The molecule has 0 aliphatic heterocycles. The second kappa shape index (κ2) is 8.69. The van der Waals surface area contributed by atoms with E-state index >= 15 is 0 Å². The number of hydrogen-bond acceptors (Lipinski definition) is 2. The number of methoxy groups -OCH3 is 1. The minimum absolute atomic E-state index is 0.0476. The molecule has 116 valence electrons. The first-order chi connectivity index (χ1) is 9.79. The van der Waals surface area contributed by atoms with Crippen LogP contribution in [0.5, 0.6) is 0 Å². The van der Waals surface area contributed by atoms with Gasteiger partial charge in [0.25, 0.3) is 0 Å². The van der Waals surface area contributed by atoms with Gasteiger partial charge in [-0.1, -0.05) is 64.2 Å². The maximum atomic E-state index is 12.0. The smallest absolute Gasteiger partial charge is 0.308 e. The van der Waals surface area contributed by atoms with E-state index in [-0.39, 0.29) is 11.9 Å². The van der Waals surface area contributed by atoms with Crippen molar-refractivity contribution in [3.8, 4) is 0 Å². The predicted octanol–water partition coefficient (Wildman–Crippen LogP) is 5.11. The summed E-state index contributed by atoms with van der Waals surface area (Å²) >= 11 is 0. The van der Waals surface area contributed by atoms with Gasteiger partial charge in [-0.05, 0) is 31.1 Å². The van der Waals surface area contributed by atoms with Crippen molar-refractivity contribution in [3.63, 3.8) is 0 Å². The van der Waals surface area contributed by atoms with Crippen LogP contribution in [0.25, 0.3) is 0 Å². The monoisotopic (exact) mass is 280 g/mol. The van der Waals surface area contributed by atoms with E-state index in [0.717, 1.165) is 24.7 Å². The van der Waals surface area contributed by atoms with Crippen LogP contribution in [0.3, 0.4) is 0 Å². The third kappa shape index (κ3) is 5.10. The van der Waals surface area contributed by atoms with Crippen molar-refractivity contribution in [1.29, 1.82) is 0 Å². The summed E-state index contributed by atoms with van der Waals surface area (Å²) in [4.78, 5) is 12.0. The largest absolute Gasteiger partial charge is 0.469 e. The molecule has 0 spiro atoms. The maximum Gasteiger partial charge on any atom is 0.308 e. The van der Waals surface area contributed by atoms with Crippen LogP contribution in [0.1, 0.15) is 83.5 Å². The van der Waals surface area contributed by atoms with Crippen LogP contribution in [-0.2, 0) is 9.53 Å². The molecular weight excluding hydrogens is 248 g/mol. The zero-order valence-electron chi connectivity index (χ0n) is 13.2. The summed E-state index contributed by atoms with van der Waals surface area (Å²) in [6, 6.07) is 0. The van der Waals surface area contributed by atoms with Crippen LogP contribution in [0.4, 0.5) is 0 Å². The Kier molecular flexibility index (Phi) is 6.89. The highest BCUT2D eigenvalue weighted by Crippen LogP contribution is 2.34. The zero-order valence-corrected chi connectivity index (χ0v) is 13.2. The average molecular weight is 280 g/mol. The second-order valence-electron chi connectivity index (χ2n) is 7.04. The lowest BCUT2D eigenvalue weighted by molar-refractivity contribution is -0.146. The van der Waals surface area contributed by atoms with E-state index in [9.17, 15) is 4.79 Å². The lowest BCUT2D eigenvalue weighted by atomic mass is 9.79. The predicted molar refractivity (Wildman–Crippen MR) is 82.5 cm³/mol. The highest BCUT2D eigenvalue weighted by atomic mass is 16.5. The molecule has 2 heteroatoms. The van der Waals surface area contributed by atoms with Gasteiger partial charge in [0.2, 0.25) is 0 Å². The molecule has 2 saturated carbocycles. The standard InChI is InChI=1S/C18H32O2/c1-20-18(19)17(14-16-10-6-3-7-11-16)13-12-15-8-4-2-5-9-15/h15-17H,2-14H2,1H3/t17-/m1/s1. The van der Waals surface area contributed by atoms with Gasteiger partial charge in [-0.25, -0.2) is 0 Å². The molecule has 1 atom stereocenters. The first-order valence-electron chi connectivity index (χ1n) is 8.87. The summed E-state index contributed by atoms with van der Waals surface area (Å²) in [6.45, 7) is 0. The van der Waals surface area contributed by atoms with Gasteiger partial charge in [-0.15, -0.1) is 0 Å².